The highest BCUT2D eigenvalue weighted by Gasteiger charge is 2.35. The van der Waals surface area contributed by atoms with Crippen LogP contribution in [0.2, 0.25) is 0 Å². The normalized spacial score (nSPS) is 22.3. The van der Waals surface area contributed by atoms with Crippen molar-refractivity contribution in [3.8, 4) is 0 Å². The van der Waals surface area contributed by atoms with Crippen LogP contribution >= 0.6 is 22.6 Å². The van der Waals surface area contributed by atoms with Crippen LogP contribution in [-0.2, 0) is 9.59 Å². The first kappa shape index (κ1) is 15.2. The van der Waals surface area contributed by atoms with Crippen LogP contribution < -0.4 is 5.32 Å². The van der Waals surface area contributed by atoms with Gasteiger partial charge in [-0.2, -0.15) is 0 Å². The molecule has 1 saturated carbocycles. The number of carbonyl (C=O) groups excluding carboxylic acids is 1. The summed E-state index contributed by atoms with van der Waals surface area (Å²) in [7, 11) is 0. The van der Waals surface area contributed by atoms with E-state index >= 15 is 0 Å². The van der Waals surface area contributed by atoms with Crippen molar-refractivity contribution in [1.82, 2.24) is 0 Å². The van der Waals surface area contributed by atoms with Crippen molar-refractivity contribution >= 4 is 40.2 Å². The Balaban J connectivity index is 2.12. The number of nitrogens with one attached hydrogen (secondary N) is 1. The van der Waals surface area contributed by atoms with Crippen molar-refractivity contribution in [2.45, 2.75) is 25.7 Å². The zero-order valence-corrected chi connectivity index (χ0v) is 12.9. The molecule has 0 unspecified atom stereocenters. The van der Waals surface area contributed by atoms with Gasteiger partial charge in [0.1, 0.15) is 5.82 Å². The average Bonchev–Trinajstić information content (AvgIpc) is 2.41. The SMILES string of the molecule is O=C(O)[C@H]1CCCC[C@H]1C(=O)Nc1ccc(F)cc1I. The fourth-order valence-electron chi connectivity index (χ4n) is 2.56. The van der Waals surface area contributed by atoms with Crippen molar-refractivity contribution in [3.05, 3.63) is 27.6 Å². The summed E-state index contributed by atoms with van der Waals surface area (Å²) in [6.07, 6.45) is 2.83. The number of benzene rings is 1. The van der Waals surface area contributed by atoms with Gasteiger partial charge in [-0.1, -0.05) is 12.8 Å². The largest absolute Gasteiger partial charge is 0.481 e. The number of anilines is 1. The van der Waals surface area contributed by atoms with Gasteiger partial charge in [-0.05, 0) is 53.6 Å². The maximum Gasteiger partial charge on any atom is 0.307 e. The molecule has 0 heterocycles. The zero-order chi connectivity index (χ0) is 14.7. The standard InChI is InChI=1S/C14H15FINO3/c15-8-5-6-12(11(16)7-8)17-13(18)9-3-1-2-4-10(9)14(19)20/h5-7,9-10H,1-4H2,(H,17,18)(H,19,20)/t9-,10+/m1/s1. The van der Waals surface area contributed by atoms with E-state index in [1.54, 1.807) is 0 Å². The predicted octanol–water partition coefficient (Wildman–Crippen LogP) is 3.26. The van der Waals surface area contributed by atoms with E-state index < -0.39 is 17.8 Å². The van der Waals surface area contributed by atoms with Gasteiger partial charge in [0, 0.05) is 3.57 Å². The van der Waals surface area contributed by atoms with E-state index in [2.05, 4.69) is 5.32 Å². The van der Waals surface area contributed by atoms with Crippen molar-refractivity contribution < 1.29 is 19.1 Å². The van der Waals surface area contributed by atoms with E-state index in [-0.39, 0.29) is 11.7 Å². The third-order valence-corrected chi connectivity index (χ3v) is 4.50. The maximum absolute atomic E-state index is 13.0. The van der Waals surface area contributed by atoms with Crippen molar-refractivity contribution in [3.63, 3.8) is 0 Å². The minimum atomic E-state index is -0.918. The lowest BCUT2D eigenvalue weighted by atomic mass is 9.78. The van der Waals surface area contributed by atoms with E-state index in [1.807, 2.05) is 22.6 Å². The fourth-order valence-corrected chi connectivity index (χ4v) is 3.17. The van der Waals surface area contributed by atoms with Crippen LogP contribution in [0.5, 0.6) is 0 Å². The van der Waals surface area contributed by atoms with Gasteiger partial charge in [-0.15, -0.1) is 0 Å². The summed E-state index contributed by atoms with van der Waals surface area (Å²) in [5.74, 6) is -2.71. The van der Waals surface area contributed by atoms with Gasteiger partial charge in [0.15, 0.2) is 0 Å². The molecule has 0 aromatic heterocycles. The second-order valence-electron chi connectivity index (χ2n) is 4.95. The minimum Gasteiger partial charge on any atom is -0.481 e. The molecule has 2 N–H and O–H groups in total. The molecular weight excluding hydrogens is 376 g/mol. The van der Waals surface area contributed by atoms with Crippen molar-refractivity contribution in [1.29, 1.82) is 0 Å². The molecule has 0 bridgehead atoms. The van der Waals surface area contributed by atoms with Crippen LogP contribution in [0.15, 0.2) is 18.2 Å². The second-order valence-corrected chi connectivity index (χ2v) is 6.11. The first-order chi connectivity index (χ1) is 9.49. The molecule has 0 spiro atoms. The molecule has 1 aliphatic rings. The lowest BCUT2D eigenvalue weighted by molar-refractivity contribution is -0.147. The molecule has 2 rings (SSSR count). The Labute approximate surface area is 129 Å². The molecule has 1 aromatic rings. The van der Waals surface area contributed by atoms with Gasteiger partial charge >= 0.3 is 5.97 Å². The molecule has 1 fully saturated rings. The molecule has 1 aliphatic carbocycles. The molecule has 2 atom stereocenters. The molecule has 0 saturated heterocycles. The summed E-state index contributed by atoms with van der Waals surface area (Å²) < 4.78 is 13.6. The summed E-state index contributed by atoms with van der Waals surface area (Å²) in [5.41, 5.74) is 0.520. The van der Waals surface area contributed by atoms with E-state index in [4.69, 9.17) is 0 Å². The number of halogens is 2. The Morgan fingerprint density at radius 1 is 1.25 bits per heavy atom. The van der Waals surface area contributed by atoms with E-state index in [0.29, 0.717) is 22.1 Å². The molecule has 1 aromatic carbocycles. The third-order valence-electron chi connectivity index (χ3n) is 3.61. The lowest BCUT2D eigenvalue weighted by Crippen LogP contribution is -2.36. The quantitative estimate of drug-likeness (QED) is 0.778. The first-order valence-corrected chi connectivity index (χ1v) is 7.55. The van der Waals surface area contributed by atoms with Gasteiger partial charge < -0.3 is 10.4 Å². The molecule has 4 nitrogen and oxygen atoms in total. The van der Waals surface area contributed by atoms with Crippen LogP contribution in [0.1, 0.15) is 25.7 Å². The molecule has 20 heavy (non-hydrogen) atoms. The van der Waals surface area contributed by atoms with Gasteiger partial charge in [-0.25, -0.2) is 4.39 Å². The highest BCUT2D eigenvalue weighted by Crippen LogP contribution is 2.31. The summed E-state index contributed by atoms with van der Waals surface area (Å²) in [4.78, 5) is 23.5. The number of aliphatic carboxylic acids is 1. The summed E-state index contributed by atoms with van der Waals surface area (Å²) in [6, 6.07) is 4.09. The topological polar surface area (TPSA) is 66.4 Å². The zero-order valence-electron chi connectivity index (χ0n) is 10.7. The van der Waals surface area contributed by atoms with E-state index in [9.17, 15) is 19.1 Å². The molecule has 0 radical (unpaired) electrons. The Hall–Kier alpha value is -1.18. The number of amides is 1. The van der Waals surface area contributed by atoms with Crippen LogP contribution in [0, 0.1) is 21.2 Å². The van der Waals surface area contributed by atoms with Crippen LogP contribution in [-0.4, -0.2) is 17.0 Å². The second kappa shape index (κ2) is 6.51. The number of carbonyl (C=O) groups is 2. The molecule has 108 valence electrons. The Kier molecular flexibility index (Phi) is 4.95. The average molecular weight is 391 g/mol. The summed E-state index contributed by atoms with van der Waals surface area (Å²) in [5, 5.41) is 11.9. The predicted molar refractivity (Wildman–Crippen MR) is 80.8 cm³/mol. The van der Waals surface area contributed by atoms with Crippen molar-refractivity contribution in [2.75, 3.05) is 5.32 Å². The highest BCUT2D eigenvalue weighted by molar-refractivity contribution is 14.1. The van der Waals surface area contributed by atoms with E-state index in [1.165, 1.54) is 18.2 Å². The van der Waals surface area contributed by atoms with Crippen LogP contribution in [0.4, 0.5) is 10.1 Å². The Morgan fingerprint density at radius 3 is 2.50 bits per heavy atom. The number of carboxylic acid groups (broad SMARTS) is 1. The molecule has 6 heteroatoms. The monoisotopic (exact) mass is 391 g/mol. The van der Waals surface area contributed by atoms with Crippen LogP contribution in [0.3, 0.4) is 0 Å². The Morgan fingerprint density at radius 2 is 1.90 bits per heavy atom. The summed E-state index contributed by atoms with van der Waals surface area (Å²) in [6.45, 7) is 0. The number of hydrogen-bond donors (Lipinski definition) is 2. The van der Waals surface area contributed by atoms with E-state index in [0.717, 1.165) is 12.8 Å². The lowest BCUT2D eigenvalue weighted by Gasteiger charge is -2.27. The van der Waals surface area contributed by atoms with Gasteiger partial charge in [0.05, 0.1) is 17.5 Å². The van der Waals surface area contributed by atoms with Gasteiger partial charge in [-0.3, -0.25) is 9.59 Å². The van der Waals surface area contributed by atoms with Gasteiger partial charge in [0.25, 0.3) is 0 Å². The first-order valence-electron chi connectivity index (χ1n) is 6.48. The smallest absolute Gasteiger partial charge is 0.307 e. The minimum absolute atomic E-state index is 0.290. The summed E-state index contributed by atoms with van der Waals surface area (Å²) >= 11 is 1.94. The maximum atomic E-state index is 13.0. The highest BCUT2D eigenvalue weighted by atomic mass is 127. The van der Waals surface area contributed by atoms with Crippen LogP contribution in [0.25, 0.3) is 0 Å². The third kappa shape index (κ3) is 3.47. The number of carboxylic acids is 1. The van der Waals surface area contributed by atoms with Gasteiger partial charge in [0.2, 0.25) is 5.91 Å². The molecule has 0 aliphatic heterocycles. The molecular formula is C14H15FINO3. The van der Waals surface area contributed by atoms with Crippen molar-refractivity contribution in [2.24, 2.45) is 11.8 Å². The molecule has 1 amide bonds. The fraction of sp³-hybridized carbons (Fsp3) is 0.429. The number of rotatable bonds is 3. The Bertz CT molecular complexity index is 535. The number of hydrogen-bond acceptors (Lipinski definition) is 2.